The summed E-state index contributed by atoms with van der Waals surface area (Å²) in [5.41, 5.74) is 1.79. The van der Waals surface area contributed by atoms with Crippen molar-refractivity contribution >= 4 is 14.3 Å². The molecule has 0 N–H and O–H groups in total. The number of hydrogen-bond acceptors (Lipinski definition) is 5. The number of carbonyl (C=O) groups excluding carboxylic acids is 1. The lowest BCUT2D eigenvalue weighted by Gasteiger charge is -2.57. The predicted molar refractivity (Wildman–Crippen MR) is 150 cm³/mol. The summed E-state index contributed by atoms with van der Waals surface area (Å²) >= 11 is 0. The summed E-state index contributed by atoms with van der Waals surface area (Å²) in [6.45, 7) is 24.4. The Hall–Kier alpha value is -1.47. The van der Waals surface area contributed by atoms with Gasteiger partial charge in [0.15, 0.2) is 8.32 Å². The third-order valence-electron chi connectivity index (χ3n) is 11.4. The fourth-order valence-electron chi connectivity index (χ4n) is 7.81. The summed E-state index contributed by atoms with van der Waals surface area (Å²) in [6.07, 6.45) is 11.2. The highest BCUT2D eigenvalue weighted by molar-refractivity contribution is 6.74. The summed E-state index contributed by atoms with van der Waals surface area (Å²) in [5, 5.41) is 4.70. The molecule has 0 aliphatic heterocycles. The number of esters is 1. The smallest absolute Gasteiger partial charge is 0.302 e. The normalized spacial score (nSPS) is 36.9. The monoisotopic (exact) mass is 529 g/mol. The Morgan fingerprint density at radius 3 is 2.54 bits per heavy atom. The second kappa shape index (κ2) is 10.3. The molecule has 1 aromatic rings. The minimum Gasteiger partial charge on any atom is -0.463 e. The van der Waals surface area contributed by atoms with Crippen LogP contribution >= 0.6 is 0 Å². The van der Waals surface area contributed by atoms with Gasteiger partial charge in [-0.3, -0.25) is 9.48 Å². The van der Waals surface area contributed by atoms with Crippen molar-refractivity contribution in [3.8, 4) is 0 Å². The van der Waals surface area contributed by atoms with Crippen LogP contribution in [0.5, 0.6) is 0 Å². The molecule has 1 aromatic heterocycles. The Morgan fingerprint density at radius 1 is 1.19 bits per heavy atom. The molecule has 3 aliphatic rings. The van der Waals surface area contributed by atoms with Gasteiger partial charge >= 0.3 is 5.97 Å². The first kappa shape index (κ1) is 28.5. The molecular formula is C30H51N3O3Si. The van der Waals surface area contributed by atoms with Gasteiger partial charge in [0, 0.05) is 20.1 Å². The Balaban J connectivity index is 1.66. The van der Waals surface area contributed by atoms with Crippen LogP contribution in [0.2, 0.25) is 18.1 Å². The molecule has 0 saturated heterocycles. The molecular weight excluding hydrogens is 478 g/mol. The highest BCUT2D eigenvalue weighted by Gasteiger charge is 2.57. The van der Waals surface area contributed by atoms with Crippen molar-refractivity contribution in [2.24, 2.45) is 34.5 Å². The van der Waals surface area contributed by atoms with E-state index in [0.717, 1.165) is 38.8 Å². The highest BCUT2D eigenvalue weighted by Crippen LogP contribution is 2.64. The van der Waals surface area contributed by atoms with Crippen molar-refractivity contribution in [3.63, 3.8) is 0 Å². The van der Waals surface area contributed by atoms with E-state index in [4.69, 9.17) is 9.16 Å². The summed E-state index contributed by atoms with van der Waals surface area (Å²) in [7, 11) is -1.91. The zero-order valence-electron chi connectivity index (χ0n) is 24.7. The topological polar surface area (TPSA) is 66.2 Å². The average molecular weight is 530 g/mol. The van der Waals surface area contributed by atoms with Gasteiger partial charge in [-0.2, -0.15) is 5.10 Å². The third-order valence-corrected chi connectivity index (χ3v) is 15.9. The van der Waals surface area contributed by atoms with Crippen molar-refractivity contribution in [3.05, 3.63) is 24.8 Å². The van der Waals surface area contributed by atoms with Crippen LogP contribution in [-0.4, -0.2) is 41.8 Å². The number of allylic oxidation sites excluding steroid dienone is 1. The Kier molecular flexibility index (Phi) is 7.91. The summed E-state index contributed by atoms with van der Waals surface area (Å²) < 4.78 is 14.7. The number of fused-ring (bicyclic) bond motifs is 1. The predicted octanol–water partition coefficient (Wildman–Crippen LogP) is 7.04. The van der Waals surface area contributed by atoms with Gasteiger partial charge in [-0.05, 0) is 97.6 Å². The average Bonchev–Trinajstić information content (AvgIpc) is 3.41. The second-order valence-electron chi connectivity index (χ2n) is 14.4. The molecule has 3 saturated carbocycles. The maximum absolute atomic E-state index is 11.9. The Morgan fingerprint density at radius 2 is 1.92 bits per heavy atom. The van der Waals surface area contributed by atoms with Gasteiger partial charge < -0.3 is 9.16 Å². The van der Waals surface area contributed by atoms with E-state index in [2.05, 4.69) is 69.1 Å². The molecule has 0 amide bonds. The minimum atomic E-state index is -1.91. The fraction of sp³-hybridized carbons (Fsp3) is 0.833. The van der Waals surface area contributed by atoms with Gasteiger partial charge in [0.2, 0.25) is 0 Å². The van der Waals surface area contributed by atoms with Crippen LogP contribution in [0.3, 0.4) is 0 Å². The molecule has 1 heterocycles. The third kappa shape index (κ3) is 5.50. The molecule has 7 heteroatoms. The molecule has 3 aliphatic carbocycles. The van der Waals surface area contributed by atoms with Crippen LogP contribution in [0.15, 0.2) is 24.8 Å². The van der Waals surface area contributed by atoms with E-state index in [1.165, 1.54) is 31.8 Å². The number of ether oxygens (including phenoxy) is 1. The van der Waals surface area contributed by atoms with E-state index < -0.39 is 8.32 Å². The fourth-order valence-corrected chi connectivity index (χ4v) is 8.86. The molecule has 0 unspecified atom stereocenters. The van der Waals surface area contributed by atoms with Crippen molar-refractivity contribution in [2.75, 3.05) is 6.61 Å². The molecule has 4 rings (SSSR count). The van der Waals surface area contributed by atoms with Gasteiger partial charge in [0.05, 0.1) is 0 Å². The Bertz CT molecular complexity index is 971. The van der Waals surface area contributed by atoms with Crippen LogP contribution < -0.4 is 0 Å². The van der Waals surface area contributed by atoms with Crippen LogP contribution in [0.25, 0.3) is 0 Å². The quantitative estimate of drug-likeness (QED) is 0.215. The molecule has 6 nitrogen and oxygen atoms in total. The van der Waals surface area contributed by atoms with E-state index in [9.17, 15) is 4.79 Å². The van der Waals surface area contributed by atoms with Gasteiger partial charge in [0.1, 0.15) is 18.8 Å². The lowest BCUT2D eigenvalue weighted by molar-refractivity contribution is -0.155. The van der Waals surface area contributed by atoms with E-state index in [-0.39, 0.29) is 27.9 Å². The van der Waals surface area contributed by atoms with E-state index >= 15 is 0 Å². The molecule has 208 valence electrons. The van der Waals surface area contributed by atoms with Gasteiger partial charge in [-0.1, -0.05) is 46.8 Å². The first-order valence-electron chi connectivity index (χ1n) is 14.5. The largest absolute Gasteiger partial charge is 0.463 e. The van der Waals surface area contributed by atoms with E-state index in [0.29, 0.717) is 23.7 Å². The Labute approximate surface area is 226 Å². The summed E-state index contributed by atoms with van der Waals surface area (Å²) in [5.74, 6) is 1.89. The molecule has 3 fully saturated rings. The summed E-state index contributed by atoms with van der Waals surface area (Å²) in [6, 6.07) is 0. The first-order valence-corrected chi connectivity index (χ1v) is 17.4. The molecule has 0 bridgehead atoms. The number of carbonyl (C=O) groups is 1. The molecule has 0 aromatic carbocycles. The zero-order valence-corrected chi connectivity index (χ0v) is 25.7. The standard InChI is InChI=1S/C30H51N3O3Si/c1-21-10-11-26-25(17-33-20-31-19-32-33)27(13-15-29(21,26)6)30(7)14-12-24(36-22(2)34)16-23(30)18-35-37(8,9)28(3,4)5/h19-20,23-27H,1,10-18H2,2-9H3/t23-,24+,25+,26+,27+,29-,30+/m1/s1. The minimum absolute atomic E-state index is 0.00697. The molecule has 37 heavy (non-hydrogen) atoms. The lowest BCUT2D eigenvalue weighted by atomic mass is 9.49. The zero-order chi connectivity index (χ0) is 27.2. The number of aromatic nitrogens is 3. The second-order valence-corrected chi connectivity index (χ2v) is 19.2. The van der Waals surface area contributed by atoms with E-state index in [1.54, 1.807) is 6.33 Å². The maximum Gasteiger partial charge on any atom is 0.302 e. The molecule has 0 spiro atoms. The SMILES string of the molecule is C=C1CC[C@H]2[C@H](Cn3cncn3)[C@@H]([C@@]3(C)CC[C@H](OC(C)=O)C[C@@H]3CO[Si](C)(C)C(C)(C)C)CC[C@]12C. The van der Waals surface area contributed by atoms with Crippen molar-refractivity contribution in [2.45, 2.75) is 117 Å². The van der Waals surface area contributed by atoms with Gasteiger partial charge in [-0.15, -0.1) is 0 Å². The molecule has 0 radical (unpaired) electrons. The van der Waals surface area contributed by atoms with Crippen LogP contribution in [0.4, 0.5) is 0 Å². The van der Waals surface area contributed by atoms with E-state index in [1.807, 2.05) is 6.33 Å². The van der Waals surface area contributed by atoms with Gasteiger partial charge in [-0.25, -0.2) is 4.98 Å². The van der Waals surface area contributed by atoms with Gasteiger partial charge in [0.25, 0.3) is 0 Å². The maximum atomic E-state index is 11.9. The van der Waals surface area contributed by atoms with Crippen molar-refractivity contribution < 1.29 is 14.0 Å². The molecule has 7 atom stereocenters. The highest BCUT2D eigenvalue weighted by atomic mass is 28.4. The number of rotatable bonds is 7. The van der Waals surface area contributed by atoms with Crippen molar-refractivity contribution in [1.29, 1.82) is 0 Å². The van der Waals surface area contributed by atoms with Crippen LogP contribution in [-0.2, 0) is 20.5 Å². The summed E-state index contributed by atoms with van der Waals surface area (Å²) in [4.78, 5) is 16.1. The number of nitrogens with zero attached hydrogens (tertiary/aromatic N) is 3. The van der Waals surface area contributed by atoms with Crippen molar-refractivity contribution in [1.82, 2.24) is 14.8 Å². The first-order chi connectivity index (χ1) is 17.2. The number of hydrogen-bond donors (Lipinski definition) is 0. The van der Waals surface area contributed by atoms with Crippen LogP contribution in [0, 0.1) is 34.5 Å². The lowest BCUT2D eigenvalue weighted by Crippen LogP contribution is -2.53. The van der Waals surface area contributed by atoms with Crippen LogP contribution in [0.1, 0.15) is 86.5 Å².